The maximum Gasteiger partial charge on any atom is 0.277 e. The molecule has 0 spiro atoms. The predicted octanol–water partition coefficient (Wildman–Crippen LogP) is 2.25. The van der Waals surface area contributed by atoms with Crippen LogP contribution in [0.2, 0.25) is 0 Å². The monoisotopic (exact) mass is 283 g/mol. The molecule has 6 nitrogen and oxygen atoms in total. The molecular weight excluding hydrogens is 274 g/mol. The Hall–Kier alpha value is -2.67. The van der Waals surface area contributed by atoms with Crippen molar-refractivity contribution < 1.29 is 4.79 Å². The van der Waals surface area contributed by atoms with Gasteiger partial charge >= 0.3 is 0 Å². The largest absolute Gasteiger partial charge is 0.296 e. The summed E-state index contributed by atoms with van der Waals surface area (Å²) in [6.07, 6.45) is 6.09. The molecule has 0 aromatic carbocycles. The van der Waals surface area contributed by atoms with Crippen LogP contribution in [0.15, 0.2) is 48.4 Å². The first-order chi connectivity index (χ1) is 9.83. The van der Waals surface area contributed by atoms with Crippen molar-refractivity contribution in [1.29, 1.82) is 0 Å². The lowest BCUT2D eigenvalue weighted by molar-refractivity contribution is 0.102. The lowest BCUT2D eigenvalue weighted by atomic mass is 10.3. The first-order valence-electron chi connectivity index (χ1n) is 5.77. The van der Waals surface area contributed by atoms with E-state index < -0.39 is 0 Å². The van der Waals surface area contributed by atoms with Crippen molar-refractivity contribution in [2.24, 2.45) is 0 Å². The SMILES string of the molecule is O=C(Nc1nc(-c2ccccn2)cs1)c1cnccn1. The average Bonchev–Trinajstić information content (AvgIpc) is 2.97. The van der Waals surface area contributed by atoms with E-state index in [0.29, 0.717) is 5.13 Å². The summed E-state index contributed by atoms with van der Waals surface area (Å²) in [5.41, 5.74) is 1.75. The van der Waals surface area contributed by atoms with E-state index in [2.05, 4.69) is 25.3 Å². The van der Waals surface area contributed by atoms with Crippen LogP contribution >= 0.6 is 11.3 Å². The molecule has 0 aliphatic heterocycles. The number of carbonyl (C=O) groups is 1. The van der Waals surface area contributed by atoms with Gasteiger partial charge in [-0.25, -0.2) is 9.97 Å². The number of nitrogens with one attached hydrogen (secondary N) is 1. The minimum atomic E-state index is -0.333. The van der Waals surface area contributed by atoms with E-state index in [9.17, 15) is 4.79 Å². The molecule has 0 atom stereocenters. The predicted molar refractivity (Wildman–Crippen MR) is 75.3 cm³/mol. The third-order valence-electron chi connectivity index (χ3n) is 2.45. The van der Waals surface area contributed by atoms with Gasteiger partial charge in [-0.05, 0) is 12.1 Å². The molecule has 0 fully saturated rings. The van der Waals surface area contributed by atoms with Gasteiger partial charge in [-0.1, -0.05) is 6.07 Å². The second-order valence-corrected chi connectivity index (χ2v) is 4.66. The number of amides is 1. The van der Waals surface area contributed by atoms with Crippen LogP contribution in [0.1, 0.15) is 10.5 Å². The van der Waals surface area contributed by atoms with Gasteiger partial charge in [0.2, 0.25) is 0 Å². The van der Waals surface area contributed by atoms with Gasteiger partial charge in [0.15, 0.2) is 5.13 Å². The van der Waals surface area contributed by atoms with Gasteiger partial charge < -0.3 is 0 Å². The van der Waals surface area contributed by atoms with Crippen molar-refractivity contribution in [3.63, 3.8) is 0 Å². The van der Waals surface area contributed by atoms with Gasteiger partial charge in [0.05, 0.1) is 11.9 Å². The van der Waals surface area contributed by atoms with Gasteiger partial charge in [0, 0.05) is 24.0 Å². The lowest BCUT2D eigenvalue weighted by Gasteiger charge is -1.99. The lowest BCUT2D eigenvalue weighted by Crippen LogP contribution is -2.13. The molecule has 0 aliphatic carbocycles. The zero-order valence-corrected chi connectivity index (χ0v) is 11.0. The number of anilines is 1. The molecule has 3 aromatic rings. The highest BCUT2D eigenvalue weighted by molar-refractivity contribution is 7.14. The zero-order chi connectivity index (χ0) is 13.8. The minimum Gasteiger partial charge on any atom is -0.296 e. The van der Waals surface area contributed by atoms with Gasteiger partial charge in [-0.3, -0.25) is 20.1 Å². The molecule has 98 valence electrons. The summed E-state index contributed by atoms with van der Waals surface area (Å²) < 4.78 is 0. The molecule has 0 radical (unpaired) electrons. The molecule has 1 amide bonds. The van der Waals surface area contributed by atoms with Gasteiger partial charge in [-0.2, -0.15) is 0 Å². The number of hydrogen-bond acceptors (Lipinski definition) is 6. The smallest absolute Gasteiger partial charge is 0.277 e. The summed E-state index contributed by atoms with van der Waals surface area (Å²) in [6.45, 7) is 0. The molecule has 3 aromatic heterocycles. The van der Waals surface area contributed by atoms with Gasteiger partial charge in [0.25, 0.3) is 5.91 Å². The third kappa shape index (κ3) is 2.67. The maximum atomic E-state index is 11.9. The molecule has 0 unspecified atom stereocenters. The number of rotatable bonds is 3. The fourth-order valence-corrected chi connectivity index (χ4v) is 2.24. The van der Waals surface area contributed by atoms with E-state index >= 15 is 0 Å². The van der Waals surface area contributed by atoms with Gasteiger partial charge in [-0.15, -0.1) is 11.3 Å². The van der Waals surface area contributed by atoms with E-state index in [4.69, 9.17) is 0 Å². The maximum absolute atomic E-state index is 11.9. The Kier molecular flexibility index (Phi) is 3.42. The Balaban J connectivity index is 1.77. The van der Waals surface area contributed by atoms with Crippen molar-refractivity contribution >= 4 is 22.4 Å². The molecule has 7 heteroatoms. The molecule has 1 N–H and O–H groups in total. The summed E-state index contributed by atoms with van der Waals surface area (Å²) in [7, 11) is 0. The van der Waals surface area contributed by atoms with Gasteiger partial charge in [0.1, 0.15) is 11.4 Å². The number of hydrogen-bond donors (Lipinski definition) is 1. The second kappa shape index (κ2) is 5.54. The molecule has 0 bridgehead atoms. The Morgan fingerprint density at radius 1 is 1.10 bits per heavy atom. The Labute approximate surface area is 118 Å². The summed E-state index contributed by atoms with van der Waals surface area (Å²) in [4.78, 5) is 28.2. The fourth-order valence-electron chi connectivity index (χ4n) is 1.54. The van der Waals surface area contributed by atoms with E-state index in [1.54, 1.807) is 6.20 Å². The standard InChI is InChI=1S/C13H9N5OS/c19-12(10-7-14-5-6-16-10)18-13-17-11(8-20-13)9-3-1-2-4-15-9/h1-8H,(H,17,18,19). The highest BCUT2D eigenvalue weighted by Crippen LogP contribution is 2.23. The summed E-state index contributed by atoms with van der Waals surface area (Å²) in [6, 6.07) is 5.59. The third-order valence-corrected chi connectivity index (χ3v) is 3.21. The molecule has 0 saturated heterocycles. The van der Waals surface area contributed by atoms with E-state index in [1.165, 1.54) is 29.9 Å². The molecule has 3 heterocycles. The highest BCUT2D eigenvalue weighted by atomic mass is 32.1. The van der Waals surface area contributed by atoms with Crippen LogP contribution in [-0.2, 0) is 0 Å². The minimum absolute atomic E-state index is 0.252. The van der Waals surface area contributed by atoms with Crippen molar-refractivity contribution in [3.8, 4) is 11.4 Å². The number of nitrogens with zero attached hydrogens (tertiary/aromatic N) is 4. The number of carbonyl (C=O) groups excluding carboxylic acids is 1. The molecule has 0 aliphatic rings. The van der Waals surface area contributed by atoms with Crippen LogP contribution < -0.4 is 5.32 Å². The van der Waals surface area contributed by atoms with Crippen LogP contribution in [0.4, 0.5) is 5.13 Å². The van der Waals surface area contributed by atoms with E-state index in [0.717, 1.165) is 11.4 Å². The average molecular weight is 283 g/mol. The Morgan fingerprint density at radius 2 is 2.05 bits per heavy atom. The van der Waals surface area contributed by atoms with Crippen molar-refractivity contribution in [3.05, 3.63) is 54.1 Å². The quantitative estimate of drug-likeness (QED) is 0.797. The van der Waals surface area contributed by atoms with Crippen LogP contribution in [0, 0.1) is 0 Å². The molecular formula is C13H9N5OS. The number of aromatic nitrogens is 4. The number of thiazole rings is 1. The summed E-state index contributed by atoms with van der Waals surface area (Å²) >= 11 is 1.34. The first kappa shape index (κ1) is 12.4. The normalized spacial score (nSPS) is 10.2. The first-order valence-corrected chi connectivity index (χ1v) is 6.65. The molecule has 0 saturated carbocycles. The Morgan fingerprint density at radius 3 is 2.80 bits per heavy atom. The van der Waals surface area contributed by atoms with E-state index in [-0.39, 0.29) is 11.6 Å². The molecule has 3 rings (SSSR count). The van der Waals surface area contributed by atoms with E-state index in [1.807, 2.05) is 23.6 Å². The number of pyridine rings is 1. The van der Waals surface area contributed by atoms with Crippen LogP contribution in [0.25, 0.3) is 11.4 Å². The molecule has 20 heavy (non-hydrogen) atoms. The van der Waals surface area contributed by atoms with Crippen LogP contribution in [0.3, 0.4) is 0 Å². The Bertz CT molecular complexity index is 714. The van der Waals surface area contributed by atoms with Crippen molar-refractivity contribution in [2.45, 2.75) is 0 Å². The van der Waals surface area contributed by atoms with Crippen molar-refractivity contribution in [1.82, 2.24) is 19.9 Å². The fraction of sp³-hybridized carbons (Fsp3) is 0. The topological polar surface area (TPSA) is 80.7 Å². The zero-order valence-electron chi connectivity index (χ0n) is 10.2. The highest BCUT2D eigenvalue weighted by Gasteiger charge is 2.11. The van der Waals surface area contributed by atoms with Crippen LogP contribution in [0.5, 0.6) is 0 Å². The summed E-state index contributed by atoms with van der Waals surface area (Å²) in [5.74, 6) is -0.333. The van der Waals surface area contributed by atoms with Crippen molar-refractivity contribution in [2.75, 3.05) is 5.32 Å². The van der Waals surface area contributed by atoms with Crippen LogP contribution in [-0.4, -0.2) is 25.8 Å². The second-order valence-electron chi connectivity index (χ2n) is 3.80. The summed E-state index contributed by atoms with van der Waals surface area (Å²) in [5, 5.41) is 5.03.